The lowest BCUT2D eigenvalue weighted by molar-refractivity contribution is 0.628. The molecule has 0 heterocycles. The minimum absolute atomic E-state index is 0.00863. The molecular formula is C13H11ClF2N2. The first-order valence-electron chi connectivity index (χ1n) is 5.23. The number of hydrogen-bond donors (Lipinski definition) is 1. The van der Waals surface area contributed by atoms with Gasteiger partial charge >= 0.3 is 0 Å². The van der Waals surface area contributed by atoms with E-state index in [1.165, 1.54) is 18.2 Å². The maximum Gasteiger partial charge on any atom is 0.148 e. The summed E-state index contributed by atoms with van der Waals surface area (Å²) < 4.78 is 26.4. The summed E-state index contributed by atoms with van der Waals surface area (Å²) in [5, 5.41) is 0.00863. The molecule has 0 radical (unpaired) electrons. The minimum atomic E-state index is -0.499. The maximum absolute atomic E-state index is 13.4. The fraction of sp³-hybridized carbons (Fsp3) is 0.0769. The number of anilines is 3. The fourth-order valence-corrected chi connectivity index (χ4v) is 1.83. The minimum Gasteiger partial charge on any atom is -0.395 e. The van der Waals surface area contributed by atoms with Gasteiger partial charge in [0.25, 0.3) is 0 Å². The smallest absolute Gasteiger partial charge is 0.148 e. The topological polar surface area (TPSA) is 29.3 Å². The summed E-state index contributed by atoms with van der Waals surface area (Å²) in [5.74, 6) is -0.992. The molecule has 0 bridgehead atoms. The van der Waals surface area contributed by atoms with Gasteiger partial charge in [-0.1, -0.05) is 17.7 Å². The zero-order valence-corrected chi connectivity index (χ0v) is 10.4. The number of nitrogens with two attached hydrogens (primary N) is 1. The zero-order valence-electron chi connectivity index (χ0n) is 9.62. The van der Waals surface area contributed by atoms with Crippen LogP contribution in [0.2, 0.25) is 5.02 Å². The molecule has 2 rings (SSSR count). The van der Waals surface area contributed by atoms with Gasteiger partial charge in [0.1, 0.15) is 11.6 Å². The van der Waals surface area contributed by atoms with Gasteiger partial charge < -0.3 is 10.6 Å². The second-order valence-corrected chi connectivity index (χ2v) is 4.24. The van der Waals surface area contributed by atoms with E-state index in [1.54, 1.807) is 30.1 Å². The lowest BCUT2D eigenvalue weighted by Gasteiger charge is -2.21. The van der Waals surface area contributed by atoms with E-state index in [-0.39, 0.29) is 10.7 Å². The summed E-state index contributed by atoms with van der Waals surface area (Å²) in [6, 6.07) is 8.78. The second-order valence-electron chi connectivity index (χ2n) is 3.83. The average Bonchev–Trinajstić information content (AvgIpc) is 2.35. The molecule has 0 aromatic heterocycles. The van der Waals surface area contributed by atoms with Crippen molar-refractivity contribution in [1.29, 1.82) is 0 Å². The first-order chi connectivity index (χ1) is 8.50. The summed E-state index contributed by atoms with van der Waals surface area (Å²) >= 11 is 5.71. The molecule has 5 heteroatoms. The van der Waals surface area contributed by atoms with Crippen molar-refractivity contribution in [3.8, 4) is 0 Å². The van der Waals surface area contributed by atoms with E-state index in [1.807, 2.05) is 0 Å². The first kappa shape index (κ1) is 12.6. The number of nitrogen functional groups attached to an aromatic ring is 1. The third kappa shape index (κ3) is 2.24. The van der Waals surface area contributed by atoms with E-state index in [2.05, 4.69) is 0 Å². The number of halogens is 3. The second kappa shape index (κ2) is 4.82. The van der Waals surface area contributed by atoms with Gasteiger partial charge in [0.05, 0.1) is 16.4 Å². The Morgan fingerprint density at radius 1 is 1.11 bits per heavy atom. The standard InChI is InChI=1S/C13H11ClF2N2/c1-18(8-5-6-10(15)9(14)7-8)12-4-2-3-11(16)13(12)17/h2-7H,17H2,1H3. The van der Waals surface area contributed by atoms with E-state index < -0.39 is 11.6 Å². The van der Waals surface area contributed by atoms with Crippen molar-refractivity contribution in [3.05, 3.63) is 53.1 Å². The molecule has 0 atom stereocenters. The summed E-state index contributed by atoms with van der Waals surface area (Å²) in [5.41, 5.74) is 6.83. The van der Waals surface area contributed by atoms with E-state index >= 15 is 0 Å². The van der Waals surface area contributed by atoms with Crippen molar-refractivity contribution < 1.29 is 8.78 Å². The molecule has 0 fully saturated rings. The number of nitrogens with zero attached hydrogens (tertiary/aromatic N) is 1. The molecule has 2 nitrogen and oxygen atoms in total. The largest absolute Gasteiger partial charge is 0.395 e. The van der Waals surface area contributed by atoms with E-state index in [0.29, 0.717) is 11.4 Å². The van der Waals surface area contributed by atoms with E-state index in [0.717, 1.165) is 0 Å². The highest BCUT2D eigenvalue weighted by Crippen LogP contribution is 2.32. The molecule has 0 saturated carbocycles. The van der Waals surface area contributed by atoms with Crippen molar-refractivity contribution in [3.63, 3.8) is 0 Å². The van der Waals surface area contributed by atoms with Crippen LogP contribution in [-0.4, -0.2) is 7.05 Å². The Kier molecular flexibility index (Phi) is 3.39. The molecule has 0 aliphatic heterocycles. The molecule has 94 valence electrons. The SMILES string of the molecule is CN(c1ccc(F)c(Cl)c1)c1cccc(F)c1N. The number of benzene rings is 2. The lowest BCUT2D eigenvalue weighted by atomic mass is 10.2. The lowest BCUT2D eigenvalue weighted by Crippen LogP contribution is -2.12. The van der Waals surface area contributed by atoms with Gasteiger partial charge in [-0.3, -0.25) is 0 Å². The Labute approximate surface area is 109 Å². The van der Waals surface area contributed by atoms with Gasteiger partial charge in [-0.15, -0.1) is 0 Å². The third-order valence-electron chi connectivity index (χ3n) is 2.68. The predicted molar refractivity (Wildman–Crippen MR) is 70.3 cm³/mol. The Morgan fingerprint density at radius 2 is 1.83 bits per heavy atom. The molecule has 0 aliphatic carbocycles. The van der Waals surface area contributed by atoms with Crippen molar-refractivity contribution in [2.75, 3.05) is 17.7 Å². The van der Waals surface area contributed by atoms with Crippen LogP contribution in [0.25, 0.3) is 0 Å². The average molecular weight is 269 g/mol. The highest BCUT2D eigenvalue weighted by atomic mass is 35.5. The van der Waals surface area contributed by atoms with Crippen molar-refractivity contribution >= 4 is 28.7 Å². The molecule has 2 aromatic rings. The van der Waals surface area contributed by atoms with Gasteiger partial charge in [0.15, 0.2) is 0 Å². The predicted octanol–water partition coefficient (Wildman–Crippen LogP) is 3.97. The summed E-state index contributed by atoms with van der Waals surface area (Å²) in [6.45, 7) is 0. The highest BCUT2D eigenvalue weighted by Gasteiger charge is 2.11. The number of para-hydroxylation sites is 1. The third-order valence-corrected chi connectivity index (χ3v) is 2.97. The van der Waals surface area contributed by atoms with E-state index in [4.69, 9.17) is 17.3 Å². The van der Waals surface area contributed by atoms with Gasteiger partial charge in [-0.2, -0.15) is 0 Å². The van der Waals surface area contributed by atoms with Gasteiger partial charge in [-0.25, -0.2) is 8.78 Å². The van der Waals surface area contributed by atoms with Crippen molar-refractivity contribution in [2.24, 2.45) is 0 Å². The molecule has 0 spiro atoms. The molecule has 0 amide bonds. The maximum atomic E-state index is 13.4. The summed E-state index contributed by atoms with van der Waals surface area (Å²) in [7, 11) is 1.70. The summed E-state index contributed by atoms with van der Waals surface area (Å²) in [6.07, 6.45) is 0. The van der Waals surface area contributed by atoms with Crippen LogP contribution in [0, 0.1) is 11.6 Å². The van der Waals surface area contributed by atoms with Gasteiger partial charge in [0.2, 0.25) is 0 Å². The van der Waals surface area contributed by atoms with Gasteiger partial charge in [0, 0.05) is 12.7 Å². The molecule has 0 saturated heterocycles. The number of rotatable bonds is 2. The molecule has 2 aromatic carbocycles. The van der Waals surface area contributed by atoms with Crippen molar-refractivity contribution in [1.82, 2.24) is 0 Å². The van der Waals surface area contributed by atoms with Crippen LogP contribution < -0.4 is 10.6 Å². The monoisotopic (exact) mass is 268 g/mol. The van der Waals surface area contributed by atoms with Crippen molar-refractivity contribution in [2.45, 2.75) is 0 Å². The van der Waals surface area contributed by atoms with Crippen LogP contribution in [0.1, 0.15) is 0 Å². The van der Waals surface area contributed by atoms with Crippen LogP contribution in [-0.2, 0) is 0 Å². The van der Waals surface area contributed by atoms with Crippen LogP contribution in [0.4, 0.5) is 25.8 Å². The molecule has 18 heavy (non-hydrogen) atoms. The molecule has 0 unspecified atom stereocenters. The Hall–Kier alpha value is -1.81. The number of hydrogen-bond acceptors (Lipinski definition) is 2. The van der Waals surface area contributed by atoms with Crippen LogP contribution in [0.15, 0.2) is 36.4 Å². The molecule has 0 aliphatic rings. The molecular weight excluding hydrogens is 258 g/mol. The Bertz CT molecular complexity index is 587. The normalized spacial score (nSPS) is 10.4. The highest BCUT2D eigenvalue weighted by molar-refractivity contribution is 6.31. The first-order valence-corrected chi connectivity index (χ1v) is 5.61. The van der Waals surface area contributed by atoms with Crippen LogP contribution in [0.5, 0.6) is 0 Å². The van der Waals surface area contributed by atoms with Crippen LogP contribution in [0.3, 0.4) is 0 Å². The van der Waals surface area contributed by atoms with Crippen LogP contribution >= 0.6 is 11.6 Å². The van der Waals surface area contributed by atoms with Gasteiger partial charge in [-0.05, 0) is 30.3 Å². The van der Waals surface area contributed by atoms with E-state index in [9.17, 15) is 8.78 Å². The quantitative estimate of drug-likeness (QED) is 0.835. The molecule has 2 N–H and O–H groups in total. The Morgan fingerprint density at radius 3 is 2.50 bits per heavy atom. The Balaban J connectivity index is 2.44. The zero-order chi connectivity index (χ0) is 13.3. The summed E-state index contributed by atoms with van der Waals surface area (Å²) in [4.78, 5) is 1.64. The fourth-order valence-electron chi connectivity index (χ4n) is 1.65.